The molecule has 190 valence electrons. The molecule has 35 heavy (non-hydrogen) atoms. The van der Waals surface area contributed by atoms with Crippen LogP contribution >= 0.6 is 0 Å². The van der Waals surface area contributed by atoms with E-state index in [0.29, 0.717) is 11.8 Å². The number of allylic oxidation sites excluding steroid dienone is 1. The number of nitrogens with one attached hydrogen (secondary N) is 3. The zero-order valence-electron chi connectivity index (χ0n) is 21.7. The molecule has 4 nitrogen and oxygen atoms in total. The van der Waals surface area contributed by atoms with Crippen LogP contribution in [0.3, 0.4) is 0 Å². The molecular weight excluding hydrogens is 430 g/mol. The van der Waals surface area contributed by atoms with Gasteiger partial charge in [-0.25, -0.2) is 0 Å². The minimum absolute atomic E-state index is 0.0679. The second-order valence-corrected chi connectivity index (χ2v) is 10.4. The minimum atomic E-state index is -0.235. The van der Waals surface area contributed by atoms with Crippen LogP contribution in [0.25, 0.3) is 0 Å². The van der Waals surface area contributed by atoms with Gasteiger partial charge in [0.1, 0.15) is 0 Å². The van der Waals surface area contributed by atoms with Crippen molar-refractivity contribution in [2.45, 2.75) is 76.8 Å². The van der Waals surface area contributed by atoms with Crippen molar-refractivity contribution in [3.63, 3.8) is 0 Å². The zero-order valence-corrected chi connectivity index (χ0v) is 21.7. The molecule has 1 fully saturated rings. The van der Waals surface area contributed by atoms with Crippen molar-refractivity contribution in [2.24, 2.45) is 17.8 Å². The summed E-state index contributed by atoms with van der Waals surface area (Å²) in [7, 11) is 0. The van der Waals surface area contributed by atoms with E-state index in [1.54, 1.807) is 6.20 Å². The van der Waals surface area contributed by atoms with E-state index >= 15 is 0 Å². The van der Waals surface area contributed by atoms with E-state index < -0.39 is 0 Å². The van der Waals surface area contributed by atoms with Crippen molar-refractivity contribution in [1.29, 1.82) is 0 Å². The first-order valence-corrected chi connectivity index (χ1v) is 13.4. The summed E-state index contributed by atoms with van der Waals surface area (Å²) in [5.41, 5.74) is 4.95. The lowest BCUT2D eigenvalue weighted by Gasteiger charge is -2.37. The van der Waals surface area contributed by atoms with Crippen LogP contribution in [0.1, 0.15) is 63.0 Å². The Morgan fingerprint density at radius 3 is 2.37 bits per heavy atom. The number of rotatable bonds is 18. The highest BCUT2D eigenvalue weighted by atomic mass is 16.1. The Bertz CT molecular complexity index is 875. The monoisotopic (exact) mass is 475 g/mol. The van der Waals surface area contributed by atoms with Gasteiger partial charge in [0, 0.05) is 29.9 Å². The third-order valence-corrected chi connectivity index (χ3v) is 7.54. The molecular formula is C31H45N3O. The second-order valence-electron chi connectivity index (χ2n) is 10.4. The van der Waals surface area contributed by atoms with E-state index in [1.807, 2.05) is 0 Å². The molecule has 0 spiro atoms. The first kappa shape index (κ1) is 26.8. The first-order chi connectivity index (χ1) is 17.0. The molecule has 3 rings (SSSR count). The molecule has 0 aliphatic heterocycles. The summed E-state index contributed by atoms with van der Waals surface area (Å²) in [6.45, 7) is 19.5. The lowest BCUT2D eigenvalue weighted by Crippen LogP contribution is -2.47. The van der Waals surface area contributed by atoms with Gasteiger partial charge in [0.25, 0.3) is 0 Å². The highest BCUT2D eigenvalue weighted by Crippen LogP contribution is 2.36. The van der Waals surface area contributed by atoms with Gasteiger partial charge < -0.3 is 16.0 Å². The molecule has 0 saturated heterocycles. The Morgan fingerprint density at radius 2 is 1.80 bits per heavy atom. The fraction of sp³-hybridized carbons (Fsp3) is 0.516. The molecule has 3 atom stereocenters. The van der Waals surface area contributed by atoms with Crippen LogP contribution in [0.4, 0.5) is 0 Å². The predicted molar refractivity (Wildman–Crippen MR) is 148 cm³/mol. The van der Waals surface area contributed by atoms with Gasteiger partial charge in [-0.15, -0.1) is 0 Å². The minimum Gasteiger partial charge on any atom is -0.391 e. The van der Waals surface area contributed by atoms with E-state index in [4.69, 9.17) is 0 Å². The predicted octanol–water partition coefficient (Wildman–Crippen LogP) is 5.83. The summed E-state index contributed by atoms with van der Waals surface area (Å²) in [6, 6.07) is 8.77. The van der Waals surface area contributed by atoms with Crippen LogP contribution in [0.5, 0.6) is 0 Å². The van der Waals surface area contributed by atoms with Gasteiger partial charge in [0.05, 0.1) is 6.04 Å². The largest absolute Gasteiger partial charge is 0.391 e. The average molecular weight is 476 g/mol. The molecule has 0 aromatic heterocycles. The van der Waals surface area contributed by atoms with E-state index in [0.717, 1.165) is 62.9 Å². The van der Waals surface area contributed by atoms with Crippen LogP contribution in [-0.2, 0) is 17.6 Å². The van der Waals surface area contributed by atoms with Crippen molar-refractivity contribution >= 4 is 5.78 Å². The lowest BCUT2D eigenvalue weighted by atomic mass is 9.81. The second kappa shape index (κ2) is 13.4. The van der Waals surface area contributed by atoms with Gasteiger partial charge in [-0.2, -0.15) is 0 Å². The van der Waals surface area contributed by atoms with Crippen molar-refractivity contribution in [3.8, 4) is 0 Å². The molecule has 3 unspecified atom stereocenters. The summed E-state index contributed by atoms with van der Waals surface area (Å²) in [5, 5.41) is 10.7. The molecule has 1 aromatic carbocycles. The summed E-state index contributed by atoms with van der Waals surface area (Å²) >= 11 is 0. The highest BCUT2D eigenvalue weighted by molar-refractivity contribution is 5.94. The number of hydrogen-bond acceptors (Lipinski definition) is 4. The maximum absolute atomic E-state index is 12.7. The standard InChI is InChI=1S/C31H45N3O/c1-6-12-22(4)33-31(27-20-25-13-9-10-14-26(25)21-27)28(15-11-18-32-8-3)23(5)34-29(30(35)7-2)19-24-16-17-24/h7-10,13-14,24,27-29,31-34H,2-6,11-12,15-21H2,1H3. The van der Waals surface area contributed by atoms with Crippen LogP contribution in [0.15, 0.2) is 74.3 Å². The van der Waals surface area contributed by atoms with Gasteiger partial charge in [0.15, 0.2) is 5.78 Å². The number of hydrogen-bond donors (Lipinski definition) is 3. The third kappa shape index (κ3) is 7.88. The smallest absolute Gasteiger partial charge is 0.177 e. The normalized spacial score (nSPS) is 17.5. The quantitative estimate of drug-likeness (QED) is 0.185. The Labute approximate surface area is 213 Å². The molecule has 2 aliphatic rings. The molecule has 1 saturated carbocycles. The van der Waals surface area contributed by atoms with Crippen LogP contribution in [-0.4, -0.2) is 24.4 Å². The SMILES string of the molecule is C=CNCCCC(C(=C)NC(CC1CC1)C(=O)C=C)C(NC(=C)CCC)C1Cc2ccccc2C1. The van der Waals surface area contributed by atoms with Gasteiger partial charge in [-0.3, -0.25) is 4.79 Å². The first-order valence-electron chi connectivity index (χ1n) is 13.4. The van der Waals surface area contributed by atoms with Crippen LogP contribution in [0.2, 0.25) is 0 Å². The summed E-state index contributed by atoms with van der Waals surface area (Å²) in [6.07, 6.45) is 12.6. The fourth-order valence-electron chi connectivity index (χ4n) is 5.51. The molecule has 1 aromatic rings. The molecule has 0 heterocycles. The molecule has 0 amide bonds. The molecule has 3 N–H and O–H groups in total. The number of carbonyl (C=O) groups is 1. The highest BCUT2D eigenvalue weighted by Gasteiger charge is 2.36. The maximum atomic E-state index is 12.7. The topological polar surface area (TPSA) is 53.2 Å². The third-order valence-electron chi connectivity index (χ3n) is 7.54. The van der Waals surface area contributed by atoms with Gasteiger partial charge in [-0.1, -0.05) is 76.8 Å². The van der Waals surface area contributed by atoms with Crippen molar-refractivity contribution < 1.29 is 4.79 Å². The lowest BCUT2D eigenvalue weighted by molar-refractivity contribution is -0.116. The number of carbonyl (C=O) groups excluding carboxylic acids is 1. The Hall–Kier alpha value is -2.75. The molecule has 0 radical (unpaired) electrons. The van der Waals surface area contributed by atoms with Crippen molar-refractivity contribution in [3.05, 3.63) is 85.4 Å². The Kier molecular flexibility index (Phi) is 10.3. The number of ketones is 1. The molecule has 0 bridgehead atoms. The fourth-order valence-corrected chi connectivity index (χ4v) is 5.51. The van der Waals surface area contributed by atoms with E-state index in [9.17, 15) is 4.79 Å². The number of benzene rings is 1. The molecule has 4 heteroatoms. The van der Waals surface area contributed by atoms with Crippen molar-refractivity contribution in [2.75, 3.05) is 6.54 Å². The van der Waals surface area contributed by atoms with E-state index in [-0.39, 0.29) is 23.8 Å². The van der Waals surface area contributed by atoms with Crippen molar-refractivity contribution in [1.82, 2.24) is 16.0 Å². The Morgan fingerprint density at radius 1 is 1.11 bits per heavy atom. The van der Waals surface area contributed by atoms with Gasteiger partial charge in [0.2, 0.25) is 0 Å². The summed E-state index contributed by atoms with van der Waals surface area (Å²) in [5.74, 6) is 1.34. The van der Waals surface area contributed by atoms with Gasteiger partial charge >= 0.3 is 0 Å². The number of fused-ring (bicyclic) bond motifs is 1. The Balaban J connectivity index is 1.83. The zero-order chi connectivity index (χ0) is 25.2. The average Bonchev–Trinajstić information content (AvgIpc) is 3.56. The van der Waals surface area contributed by atoms with E-state index in [2.05, 4.69) is 73.5 Å². The van der Waals surface area contributed by atoms with E-state index in [1.165, 1.54) is 30.0 Å². The van der Waals surface area contributed by atoms with Crippen LogP contribution < -0.4 is 16.0 Å². The van der Waals surface area contributed by atoms with Crippen LogP contribution in [0, 0.1) is 17.8 Å². The maximum Gasteiger partial charge on any atom is 0.177 e. The molecule has 2 aliphatic carbocycles. The summed E-state index contributed by atoms with van der Waals surface area (Å²) in [4.78, 5) is 12.7. The summed E-state index contributed by atoms with van der Waals surface area (Å²) < 4.78 is 0. The van der Waals surface area contributed by atoms with Gasteiger partial charge in [-0.05, 0) is 73.8 Å².